The van der Waals surface area contributed by atoms with Crippen LogP contribution >= 0.6 is 0 Å². The number of rotatable bonds is 3. The number of hydrogen-bond acceptors (Lipinski definition) is 4. The number of carbonyl (C=O) groups excluding carboxylic acids is 1. The predicted molar refractivity (Wildman–Crippen MR) is 77.3 cm³/mol. The normalized spacial score (nSPS) is 25.7. The van der Waals surface area contributed by atoms with Crippen LogP contribution in [0.1, 0.15) is 36.1 Å². The monoisotopic (exact) mass is 293 g/mol. The van der Waals surface area contributed by atoms with Crippen LogP contribution in [0.15, 0.2) is 6.20 Å². The van der Waals surface area contributed by atoms with Crippen molar-refractivity contribution >= 4 is 5.91 Å². The van der Waals surface area contributed by atoms with E-state index in [1.165, 1.54) is 12.1 Å². The summed E-state index contributed by atoms with van der Waals surface area (Å²) < 4.78 is 13.0. The second-order valence-corrected chi connectivity index (χ2v) is 5.92. The number of aromatic nitrogens is 2. The molecule has 0 N–H and O–H groups in total. The van der Waals surface area contributed by atoms with Gasteiger partial charge in [0, 0.05) is 38.6 Å². The molecule has 1 amide bonds. The molecular weight excluding hydrogens is 270 g/mol. The Morgan fingerprint density at radius 3 is 3.14 bits per heavy atom. The summed E-state index contributed by atoms with van der Waals surface area (Å²) in [7, 11) is 1.65. The van der Waals surface area contributed by atoms with E-state index >= 15 is 0 Å². The lowest BCUT2D eigenvalue weighted by atomic mass is 10.1. The van der Waals surface area contributed by atoms with E-state index in [1.807, 2.05) is 18.0 Å². The minimum absolute atomic E-state index is 0.0133. The zero-order chi connectivity index (χ0) is 14.8. The number of nitrogens with zero attached hydrogens (tertiary/aromatic N) is 3. The Balaban J connectivity index is 1.76. The predicted octanol–water partition coefficient (Wildman–Crippen LogP) is 1.10. The van der Waals surface area contributed by atoms with Crippen molar-refractivity contribution in [1.29, 1.82) is 0 Å². The molecule has 0 saturated carbocycles. The van der Waals surface area contributed by atoms with E-state index < -0.39 is 0 Å². The van der Waals surface area contributed by atoms with Gasteiger partial charge in [-0.15, -0.1) is 0 Å². The second kappa shape index (κ2) is 6.15. The van der Waals surface area contributed by atoms with Gasteiger partial charge in [-0.3, -0.25) is 4.79 Å². The van der Waals surface area contributed by atoms with E-state index in [0.29, 0.717) is 25.5 Å². The summed E-state index contributed by atoms with van der Waals surface area (Å²) in [5, 5.41) is 0. The molecule has 1 aromatic rings. The third kappa shape index (κ3) is 2.96. The van der Waals surface area contributed by atoms with E-state index in [1.54, 1.807) is 7.11 Å². The van der Waals surface area contributed by atoms with Crippen LogP contribution in [0.3, 0.4) is 0 Å². The molecule has 0 aromatic carbocycles. The molecule has 6 heteroatoms. The summed E-state index contributed by atoms with van der Waals surface area (Å²) in [5.74, 6) is 0.592. The molecule has 6 nitrogen and oxygen atoms in total. The van der Waals surface area contributed by atoms with Crippen molar-refractivity contribution in [2.45, 2.75) is 44.9 Å². The molecule has 0 radical (unpaired) electrons. The van der Waals surface area contributed by atoms with Gasteiger partial charge in [0.2, 0.25) is 0 Å². The van der Waals surface area contributed by atoms with Gasteiger partial charge in [-0.1, -0.05) is 0 Å². The van der Waals surface area contributed by atoms with Crippen LogP contribution in [0.4, 0.5) is 0 Å². The van der Waals surface area contributed by atoms with Crippen molar-refractivity contribution in [2.75, 3.05) is 26.8 Å². The number of morpholine rings is 1. The summed E-state index contributed by atoms with van der Waals surface area (Å²) >= 11 is 0. The Morgan fingerprint density at radius 1 is 1.48 bits per heavy atom. The highest BCUT2D eigenvalue weighted by Gasteiger charge is 2.31. The third-order valence-electron chi connectivity index (χ3n) is 4.16. The number of hydrogen-bond donors (Lipinski definition) is 0. The van der Waals surface area contributed by atoms with Crippen molar-refractivity contribution in [3.05, 3.63) is 17.7 Å². The van der Waals surface area contributed by atoms with Gasteiger partial charge < -0.3 is 18.9 Å². The second-order valence-electron chi connectivity index (χ2n) is 5.92. The van der Waals surface area contributed by atoms with Crippen molar-refractivity contribution in [3.8, 4) is 0 Å². The van der Waals surface area contributed by atoms with E-state index in [0.717, 1.165) is 19.4 Å². The lowest BCUT2D eigenvalue weighted by molar-refractivity contribution is -0.0921. The van der Waals surface area contributed by atoms with Crippen LogP contribution in [0.2, 0.25) is 0 Å². The number of ether oxygens (including phenoxy) is 2. The fourth-order valence-electron chi connectivity index (χ4n) is 3.24. The maximum Gasteiger partial charge on any atom is 0.290 e. The average Bonchev–Trinajstić information content (AvgIpc) is 2.90. The van der Waals surface area contributed by atoms with E-state index in [-0.39, 0.29) is 18.1 Å². The third-order valence-corrected chi connectivity index (χ3v) is 4.16. The lowest BCUT2D eigenvalue weighted by Crippen LogP contribution is -2.51. The highest BCUT2D eigenvalue weighted by atomic mass is 16.5. The number of aryl methyl sites for hydroxylation is 1. The SMILES string of the molecule is COCC1CN(C(=O)c2ncc3n2CCCC3)CC(C)O1. The maximum absolute atomic E-state index is 12.8. The fourth-order valence-corrected chi connectivity index (χ4v) is 3.24. The van der Waals surface area contributed by atoms with Crippen LogP contribution in [0.25, 0.3) is 0 Å². The lowest BCUT2D eigenvalue weighted by Gasteiger charge is -2.36. The molecule has 116 valence electrons. The molecule has 2 aliphatic heterocycles. The largest absolute Gasteiger partial charge is 0.382 e. The number of fused-ring (bicyclic) bond motifs is 1. The summed E-state index contributed by atoms with van der Waals surface area (Å²) in [6.45, 7) is 4.58. The van der Waals surface area contributed by atoms with Crippen LogP contribution in [-0.4, -0.2) is 59.4 Å². The van der Waals surface area contributed by atoms with Gasteiger partial charge in [-0.2, -0.15) is 0 Å². The van der Waals surface area contributed by atoms with Gasteiger partial charge in [0.15, 0.2) is 5.82 Å². The topological polar surface area (TPSA) is 56.6 Å². The first-order valence-corrected chi connectivity index (χ1v) is 7.67. The summed E-state index contributed by atoms with van der Waals surface area (Å²) in [6, 6.07) is 0. The molecule has 0 bridgehead atoms. The number of methoxy groups -OCH3 is 1. The molecular formula is C15H23N3O3. The van der Waals surface area contributed by atoms with Crippen LogP contribution in [0.5, 0.6) is 0 Å². The van der Waals surface area contributed by atoms with Crippen molar-refractivity contribution in [2.24, 2.45) is 0 Å². The van der Waals surface area contributed by atoms with E-state index in [9.17, 15) is 4.79 Å². The maximum atomic E-state index is 12.8. The van der Waals surface area contributed by atoms with Crippen LogP contribution in [-0.2, 0) is 22.4 Å². The quantitative estimate of drug-likeness (QED) is 0.837. The molecule has 0 aliphatic carbocycles. The zero-order valence-corrected chi connectivity index (χ0v) is 12.7. The fraction of sp³-hybridized carbons (Fsp3) is 0.733. The first-order chi connectivity index (χ1) is 10.2. The Hall–Kier alpha value is -1.40. The van der Waals surface area contributed by atoms with Gasteiger partial charge in [0.25, 0.3) is 5.91 Å². The van der Waals surface area contributed by atoms with Gasteiger partial charge in [0.05, 0.1) is 18.8 Å². The molecule has 0 spiro atoms. The molecule has 21 heavy (non-hydrogen) atoms. The highest BCUT2D eigenvalue weighted by molar-refractivity contribution is 5.91. The molecule has 1 fully saturated rings. The molecule has 2 aliphatic rings. The minimum atomic E-state index is -0.0570. The first-order valence-electron chi connectivity index (χ1n) is 7.67. The molecule has 3 rings (SSSR count). The first kappa shape index (κ1) is 14.5. The van der Waals surface area contributed by atoms with Crippen LogP contribution < -0.4 is 0 Å². The van der Waals surface area contributed by atoms with Gasteiger partial charge >= 0.3 is 0 Å². The Bertz CT molecular complexity index is 514. The van der Waals surface area contributed by atoms with E-state index in [2.05, 4.69) is 9.55 Å². The van der Waals surface area contributed by atoms with Gasteiger partial charge in [-0.05, 0) is 26.2 Å². The standard InChI is InChI=1S/C15H23N3O3/c1-11-8-17(9-13(21-11)10-20-2)15(19)14-16-7-12-5-3-4-6-18(12)14/h7,11,13H,3-6,8-10H2,1-2H3. The molecule has 1 aromatic heterocycles. The molecule has 2 unspecified atom stereocenters. The van der Waals surface area contributed by atoms with Crippen molar-refractivity contribution < 1.29 is 14.3 Å². The molecule has 3 heterocycles. The summed E-state index contributed by atoms with van der Waals surface area (Å²) in [5.41, 5.74) is 1.18. The Morgan fingerprint density at radius 2 is 2.33 bits per heavy atom. The number of imidazole rings is 1. The molecule has 2 atom stereocenters. The average molecular weight is 293 g/mol. The van der Waals surface area contributed by atoms with Crippen molar-refractivity contribution in [1.82, 2.24) is 14.5 Å². The van der Waals surface area contributed by atoms with Gasteiger partial charge in [0.1, 0.15) is 0 Å². The smallest absolute Gasteiger partial charge is 0.290 e. The van der Waals surface area contributed by atoms with Gasteiger partial charge in [-0.25, -0.2) is 4.98 Å². The Kier molecular flexibility index (Phi) is 4.26. The summed E-state index contributed by atoms with van der Waals surface area (Å²) in [6.07, 6.45) is 5.14. The highest BCUT2D eigenvalue weighted by Crippen LogP contribution is 2.19. The zero-order valence-electron chi connectivity index (χ0n) is 12.7. The summed E-state index contributed by atoms with van der Waals surface area (Å²) in [4.78, 5) is 19.0. The number of carbonyl (C=O) groups is 1. The van der Waals surface area contributed by atoms with E-state index in [4.69, 9.17) is 9.47 Å². The van der Waals surface area contributed by atoms with Crippen LogP contribution in [0, 0.1) is 0 Å². The molecule has 1 saturated heterocycles. The minimum Gasteiger partial charge on any atom is -0.382 e. The number of amides is 1. The Labute approximate surface area is 125 Å². The van der Waals surface area contributed by atoms with Crippen molar-refractivity contribution in [3.63, 3.8) is 0 Å².